The van der Waals surface area contributed by atoms with Crippen molar-refractivity contribution >= 4 is 40.8 Å². The summed E-state index contributed by atoms with van der Waals surface area (Å²) in [5, 5.41) is 4.47. The van der Waals surface area contributed by atoms with Crippen molar-refractivity contribution in [3.8, 4) is 0 Å². The molecule has 2 N–H and O–H groups in total. The second kappa shape index (κ2) is 10.6. The standard InChI is InChI=1S/C21H29FN4O2.HI/c1-2-23-21(26-9-11-28-20(14-26)19-4-3-10-27-19)24-8-7-15-13-25-18-12-16(22)5-6-17(15)18;/h5-6,12-13,19-20,25H,2-4,7-11,14H2,1H3,(H,23,24);1H. The van der Waals surface area contributed by atoms with Crippen LogP contribution in [0.5, 0.6) is 0 Å². The summed E-state index contributed by atoms with van der Waals surface area (Å²) in [4.78, 5) is 10.3. The van der Waals surface area contributed by atoms with Gasteiger partial charge in [0.05, 0.1) is 12.7 Å². The molecular weight excluding hydrogens is 486 g/mol. The summed E-state index contributed by atoms with van der Waals surface area (Å²) in [6, 6.07) is 4.87. The molecule has 29 heavy (non-hydrogen) atoms. The van der Waals surface area contributed by atoms with Crippen LogP contribution in [0.4, 0.5) is 4.39 Å². The first-order chi connectivity index (χ1) is 13.7. The molecule has 1 aromatic carbocycles. The van der Waals surface area contributed by atoms with Gasteiger partial charge in [-0.3, -0.25) is 4.99 Å². The van der Waals surface area contributed by atoms with Crippen molar-refractivity contribution in [3.05, 3.63) is 35.8 Å². The number of ether oxygens (including phenoxy) is 2. The first-order valence-electron chi connectivity index (χ1n) is 10.3. The van der Waals surface area contributed by atoms with Crippen molar-refractivity contribution in [2.75, 3.05) is 39.4 Å². The van der Waals surface area contributed by atoms with Crippen LogP contribution < -0.4 is 5.32 Å². The van der Waals surface area contributed by atoms with Gasteiger partial charge in [0.25, 0.3) is 0 Å². The molecule has 2 unspecified atom stereocenters. The summed E-state index contributed by atoms with van der Waals surface area (Å²) in [7, 11) is 0. The van der Waals surface area contributed by atoms with Gasteiger partial charge in [0.1, 0.15) is 11.9 Å². The quantitative estimate of drug-likeness (QED) is 0.364. The highest BCUT2D eigenvalue weighted by Crippen LogP contribution is 2.22. The highest BCUT2D eigenvalue weighted by atomic mass is 127. The Morgan fingerprint density at radius 1 is 1.31 bits per heavy atom. The van der Waals surface area contributed by atoms with Gasteiger partial charge in [0, 0.05) is 49.9 Å². The Morgan fingerprint density at radius 3 is 2.97 bits per heavy atom. The Hall–Kier alpha value is -1.39. The van der Waals surface area contributed by atoms with E-state index in [0.29, 0.717) is 13.2 Å². The number of benzene rings is 1. The van der Waals surface area contributed by atoms with Gasteiger partial charge >= 0.3 is 0 Å². The molecule has 4 rings (SSSR count). The van der Waals surface area contributed by atoms with Gasteiger partial charge in [-0.15, -0.1) is 24.0 Å². The Kier molecular flexibility index (Phi) is 8.14. The minimum absolute atomic E-state index is 0. The lowest BCUT2D eigenvalue weighted by molar-refractivity contribution is -0.0817. The number of aliphatic imine (C=N–C) groups is 1. The molecule has 2 aliphatic heterocycles. The fourth-order valence-corrected chi connectivity index (χ4v) is 4.06. The minimum atomic E-state index is -0.221. The summed E-state index contributed by atoms with van der Waals surface area (Å²) in [5.41, 5.74) is 1.99. The number of nitrogens with zero attached hydrogens (tertiary/aromatic N) is 2. The van der Waals surface area contributed by atoms with E-state index in [9.17, 15) is 4.39 Å². The molecule has 0 amide bonds. The number of nitrogens with one attached hydrogen (secondary N) is 2. The molecule has 2 aliphatic rings. The number of hydrogen-bond donors (Lipinski definition) is 2. The fraction of sp³-hybridized carbons (Fsp3) is 0.571. The minimum Gasteiger partial charge on any atom is -0.375 e. The SMILES string of the molecule is CCNC(=NCCc1c[nH]c2cc(F)ccc12)N1CCOC(C2CCCO2)C1.I. The van der Waals surface area contributed by atoms with Gasteiger partial charge in [-0.25, -0.2) is 4.39 Å². The summed E-state index contributed by atoms with van der Waals surface area (Å²) < 4.78 is 25.1. The van der Waals surface area contributed by atoms with Crippen LogP contribution in [0.25, 0.3) is 10.9 Å². The average molecular weight is 516 g/mol. The predicted molar refractivity (Wildman–Crippen MR) is 124 cm³/mol. The van der Waals surface area contributed by atoms with Gasteiger partial charge < -0.3 is 24.7 Å². The van der Waals surface area contributed by atoms with Crippen molar-refractivity contribution < 1.29 is 13.9 Å². The largest absolute Gasteiger partial charge is 0.375 e. The second-order valence-electron chi connectivity index (χ2n) is 7.40. The van der Waals surface area contributed by atoms with Crippen LogP contribution >= 0.6 is 24.0 Å². The smallest absolute Gasteiger partial charge is 0.194 e. The van der Waals surface area contributed by atoms with E-state index in [1.807, 2.05) is 12.3 Å². The number of halogens is 2. The Morgan fingerprint density at radius 2 is 2.17 bits per heavy atom. The number of aromatic amines is 1. The van der Waals surface area contributed by atoms with E-state index < -0.39 is 0 Å². The molecule has 6 nitrogen and oxygen atoms in total. The third-order valence-electron chi connectivity index (χ3n) is 5.48. The van der Waals surface area contributed by atoms with E-state index in [0.717, 1.165) is 67.9 Å². The summed E-state index contributed by atoms with van der Waals surface area (Å²) in [6.07, 6.45) is 5.27. The number of aromatic nitrogens is 1. The molecule has 2 fully saturated rings. The van der Waals surface area contributed by atoms with Crippen LogP contribution in [0.15, 0.2) is 29.4 Å². The number of fused-ring (bicyclic) bond motifs is 1. The molecule has 0 spiro atoms. The van der Waals surface area contributed by atoms with Crippen molar-refractivity contribution in [2.45, 2.75) is 38.4 Å². The van der Waals surface area contributed by atoms with E-state index in [-0.39, 0.29) is 42.0 Å². The van der Waals surface area contributed by atoms with Crippen LogP contribution in [-0.4, -0.2) is 67.4 Å². The maximum absolute atomic E-state index is 13.4. The van der Waals surface area contributed by atoms with Crippen molar-refractivity contribution in [1.82, 2.24) is 15.2 Å². The maximum atomic E-state index is 13.4. The fourth-order valence-electron chi connectivity index (χ4n) is 4.06. The normalized spacial score (nSPS) is 22.7. The topological polar surface area (TPSA) is 61.9 Å². The van der Waals surface area contributed by atoms with Crippen molar-refractivity contribution in [3.63, 3.8) is 0 Å². The number of rotatable bonds is 5. The zero-order valence-electron chi connectivity index (χ0n) is 16.8. The second-order valence-corrected chi connectivity index (χ2v) is 7.40. The highest BCUT2D eigenvalue weighted by molar-refractivity contribution is 14.0. The summed E-state index contributed by atoms with van der Waals surface area (Å²) in [5.74, 6) is 0.709. The molecule has 0 saturated carbocycles. The molecule has 2 saturated heterocycles. The zero-order valence-corrected chi connectivity index (χ0v) is 19.2. The average Bonchev–Trinajstić information content (AvgIpc) is 3.37. The van der Waals surface area contributed by atoms with Gasteiger partial charge in [0.15, 0.2) is 5.96 Å². The summed E-state index contributed by atoms with van der Waals surface area (Å²) >= 11 is 0. The molecule has 160 valence electrons. The third kappa shape index (κ3) is 5.40. The van der Waals surface area contributed by atoms with E-state index >= 15 is 0 Å². The summed E-state index contributed by atoms with van der Waals surface area (Å²) in [6.45, 7) is 6.77. The third-order valence-corrected chi connectivity index (χ3v) is 5.48. The van der Waals surface area contributed by atoms with E-state index in [2.05, 4.69) is 22.1 Å². The zero-order chi connectivity index (χ0) is 19.3. The molecule has 0 aliphatic carbocycles. The number of hydrogen-bond acceptors (Lipinski definition) is 3. The van der Waals surface area contributed by atoms with Gasteiger partial charge in [-0.1, -0.05) is 0 Å². The lowest BCUT2D eigenvalue weighted by Crippen LogP contribution is -2.53. The van der Waals surface area contributed by atoms with Crippen molar-refractivity contribution in [2.24, 2.45) is 4.99 Å². The Bertz CT molecular complexity index is 822. The van der Waals surface area contributed by atoms with E-state index in [1.165, 1.54) is 12.1 Å². The Balaban J connectivity index is 0.00000240. The molecule has 2 atom stereocenters. The van der Waals surface area contributed by atoms with Gasteiger partial charge in [-0.05, 0) is 49.9 Å². The van der Waals surface area contributed by atoms with E-state index in [1.54, 1.807) is 0 Å². The van der Waals surface area contributed by atoms with Crippen LogP contribution in [0.2, 0.25) is 0 Å². The predicted octanol–water partition coefficient (Wildman–Crippen LogP) is 3.31. The van der Waals surface area contributed by atoms with Gasteiger partial charge in [0.2, 0.25) is 0 Å². The first-order valence-corrected chi connectivity index (χ1v) is 10.3. The molecule has 8 heteroatoms. The van der Waals surface area contributed by atoms with Crippen LogP contribution in [0, 0.1) is 5.82 Å². The molecule has 0 radical (unpaired) electrons. The molecule has 3 heterocycles. The number of H-pyrrole nitrogens is 1. The number of guanidine groups is 1. The van der Waals surface area contributed by atoms with Crippen LogP contribution in [0.3, 0.4) is 0 Å². The number of morpholine rings is 1. The van der Waals surface area contributed by atoms with Crippen LogP contribution in [-0.2, 0) is 15.9 Å². The highest BCUT2D eigenvalue weighted by Gasteiger charge is 2.32. The van der Waals surface area contributed by atoms with E-state index in [4.69, 9.17) is 14.5 Å². The Labute approximate surface area is 188 Å². The lowest BCUT2D eigenvalue weighted by Gasteiger charge is -2.37. The molecule has 0 bridgehead atoms. The molecular formula is C21H30FIN4O2. The van der Waals surface area contributed by atoms with Crippen LogP contribution in [0.1, 0.15) is 25.3 Å². The van der Waals surface area contributed by atoms with Crippen molar-refractivity contribution in [1.29, 1.82) is 0 Å². The maximum Gasteiger partial charge on any atom is 0.194 e. The molecule has 1 aromatic heterocycles. The molecule has 2 aromatic rings. The first kappa shape index (κ1) is 22.3. The monoisotopic (exact) mass is 516 g/mol. The van der Waals surface area contributed by atoms with Gasteiger partial charge in [-0.2, -0.15) is 0 Å². The lowest BCUT2D eigenvalue weighted by atomic mass is 10.1.